The van der Waals surface area contributed by atoms with Gasteiger partial charge in [0.1, 0.15) is 5.75 Å². The monoisotopic (exact) mass is 298 g/mol. The largest absolute Gasteiger partial charge is 0.504 e. The van der Waals surface area contributed by atoms with Crippen molar-refractivity contribution < 1.29 is 14.6 Å². The lowest BCUT2D eigenvalue weighted by Gasteiger charge is -2.47. The van der Waals surface area contributed by atoms with Crippen LogP contribution in [0.25, 0.3) is 0 Å². The Morgan fingerprint density at radius 2 is 2.05 bits per heavy atom. The molecule has 0 bridgehead atoms. The van der Waals surface area contributed by atoms with Crippen molar-refractivity contribution in [1.29, 1.82) is 0 Å². The molecule has 3 heteroatoms. The van der Waals surface area contributed by atoms with E-state index in [-0.39, 0.29) is 17.0 Å². The normalized spacial score (nSPS) is 30.1. The van der Waals surface area contributed by atoms with E-state index >= 15 is 0 Å². The van der Waals surface area contributed by atoms with Gasteiger partial charge in [0.25, 0.3) is 0 Å². The number of aliphatic hydroxyl groups is 1. The highest BCUT2D eigenvalue weighted by Crippen LogP contribution is 2.55. The Bertz CT molecular complexity index is 713. The molecule has 0 amide bonds. The second-order valence-corrected chi connectivity index (χ2v) is 6.69. The van der Waals surface area contributed by atoms with Crippen molar-refractivity contribution in [3.8, 4) is 5.75 Å². The van der Waals surface area contributed by atoms with Crippen LogP contribution in [-0.2, 0) is 5.41 Å². The molecule has 1 aromatic rings. The first-order valence-corrected chi connectivity index (χ1v) is 7.72. The van der Waals surface area contributed by atoms with Gasteiger partial charge in [-0.05, 0) is 54.5 Å². The van der Waals surface area contributed by atoms with E-state index in [1.807, 2.05) is 6.07 Å². The lowest BCUT2D eigenvalue weighted by Crippen LogP contribution is -2.42. The van der Waals surface area contributed by atoms with Crippen LogP contribution in [-0.4, -0.2) is 18.0 Å². The topological polar surface area (TPSA) is 46.5 Å². The fraction of sp³-hybridized carbons (Fsp3) is 0.421. The number of rotatable bonds is 2. The van der Waals surface area contributed by atoms with Crippen LogP contribution in [0.4, 0.5) is 0 Å². The molecule has 22 heavy (non-hydrogen) atoms. The highest BCUT2D eigenvalue weighted by molar-refractivity contribution is 6.11. The van der Waals surface area contributed by atoms with Crippen LogP contribution in [0.15, 0.2) is 41.7 Å². The number of fused-ring (bicyclic) bond motifs is 3. The van der Waals surface area contributed by atoms with E-state index in [9.17, 15) is 9.90 Å². The molecule has 116 valence electrons. The minimum Gasteiger partial charge on any atom is -0.504 e. The van der Waals surface area contributed by atoms with Crippen LogP contribution in [0.2, 0.25) is 0 Å². The lowest BCUT2D eigenvalue weighted by molar-refractivity contribution is 0.0952. The average Bonchev–Trinajstić information content (AvgIpc) is 2.52. The Labute approximate surface area is 131 Å². The highest BCUT2D eigenvalue weighted by Gasteiger charge is 2.49. The van der Waals surface area contributed by atoms with E-state index in [0.717, 1.165) is 29.7 Å². The highest BCUT2D eigenvalue weighted by atomic mass is 16.5. The van der Waals surface area contributed by atoms with Crippen LogP contribution in [0.5, 0.6) is 5.75 Å². The molecule has 0 unspecified atom stereocenters. The lowest BCUT2D eigenvalue weighted by atomic mass is 9.56. The van der Waals surface area contributed by atoms with Gasteiger partial charge < -0.3 is 9.84 Å². The second-order valence-electron chi connectivity index (χ2n) is 6.69. The van der Waals surface area contributed by atoms with Gasteiger partial charge in [0, 0.05) is 11.0 Å². The van der Waals surface area contributed by atoms with Gasteiger partial charge in [-0.2, -0.15) is 0 Å². The van der Waals surface area contributed by atoms with Crippen molar-refractivity contribution in [2.45, 2.75) is 39.0 Å². The average molecular weight is 298 g/mol. The fourth-order valence-corrected chi connectivity index (χ4v) is 3.96. The fourth-order valence-electron chi connectivity index (χ4n) is 3.96. The molecule has 1 aromatic carbocycles. The van der Waals surface area contributed by atoms with Crippen molar-refractivity contribution in [2.75, 3.05) is 7.11 Å². The summed E-state index contributed by atoms with van der Waals surface area (Å²) in [7, 11) is 1.62. The molecule has 0 saturated carbocycles. The predicted molar refractivity (Wildman–Crippen MR) is 86.5 cm³/mol. The number of carbonyl (C=O) groups excluding carboxylic acids is 1. The number of carbonyl (C=O) groups is 1. The number of hydrogen-bond acceptors (Lipinski definition) is 3. The summed E-state index contributed by atoms with van der Waals surface area (Å²) in [5.41, 5.74) is 1.65. The molecule has 0 saturated heterocycles. The maximum absolute atomic E-state index is 12.6. The van der Waals surface area contributed by atoms with Crippen molar-refractivity contribution in [2.24, 2.45) is 5.41 Å². The van der Waals surface area contributed by atoms with Gasteiger partial charge >= 0.3 is 0 Å². The number of methoxy groups -OCH3 is 1. The number of ether oxygens (including phenoxy) is 1. The SMILES string of the molecule is CC[C@]1(C)CC=C[C@@]2(C)C1=C(O)C(=O)c1ccc(OC)cc12. The van der Waals surface area contributed by atoms with Gasteiger partial charge in [0.2, 0.25) is 5.78 Å². The third kappa shape index (κ3) is 1.78. The minimum atomic E-state index is -0.467. The first-order valence-electron chi connectivity index (χ1n) is 7.72. The molecule has 0 heterocycles. The first-order chi connectivity index (χ1) is 10.4. The van der Waals surface area contributed by atoms with E-state index in [0.29, 0.717) is 5.56 Å². The third-order valence-electron chi connectivity index (χ3n) is 5.41. The maximum Gasteiger partial charge on any atom is 0.227 e. The van der Waals surface area contributed by atoms with Crippen LogP contribution >= 0.6 is 0 Å². The van der Waals surface area contributed by atoms with Crippen molar-refractivity contribution in [3.63, 3.8) is 0 Å². The minimum absolute atomic E-state index is 0.0751. The first kappa shape index (κ1) is 14.9. The summed E-state index contributed by atoms with van der Waals surface area (Å²) >= 11 is 0. The van der Waals surface area contributed by atoms with E-state index < -0.39 is 5.41 Å². The van der Waals surface area contributed by atoms with Gasteiger partial charge in [-0.1, -0.05) is 26.0 Å². The van der Waals surface area contributed by atoms with E-state index in [1.54, 1.807) is 19.2 Å². The van der Waals surface area contributed by atoms with Crippen molar-refractivity contribution in [1.82, 2.24) is 0 Å². The van der Waals surface area contributed by atoms with Gasteiger partial charge in [-0.3, -0.25) is 4.79 Å². The van der Waals surface area contributed by atoms with Crippen LogP contribution in [0, 0.1) is 5.41 Å². The summed E-state index contributed by atoms with van der Waals surface area (Å²) < 4.78 is 5.33. The molecular weight excluding hydrogens is 276 g/mol. The van der Waals surface area contributed by atoms with E-state index in [4.69, 9.17) is 4.74 Å². The zero-order valence-electron chi connectivity index (χ0n) is 13.6. The summed E-state index contributed by atoms with van der Waals surface area (Å²) in [6.07, 6.45) is 5.99. The number of ketones is 1. The molecule has 2 atom stereocenters. The van der Waals surface area contributed by atoms with Gasteiger partial charge in [-0.25, -0.2) is 0 Å². The Morgan fingerprint density at radius 1 is 1.32 bits per heavy atom. The number of allylic oxidation sites excluding steroid dienone is 4. The van der Waals surface area contributed by atoms with Crippen LogP contribution in [0.3, 0.4) is 0 Å². The van der Waals surface area contributed by atoms with Crippen molar-refractivity contribution in [3.05, 3.63) is 52.8 Å². The number of Topliss-reactive ketones (excluding diaryl/α,β-unsaturated/α-hetero) is 1. The Balaban J connectivity index is 2.34. The zero-order valence-corrected chi connectivity index (χ0v) is 13.6. The molecule has 0 aromatic heterocycles. The summed E-state index contributed by atoms with van der Waals surface area (Å²) in [6.45, 7) is 6.30. The zero-order chi connectivity index (χ0) is 16.1. The van der Waals surface area contributed by atoms with E-state index in [1.165, 1.54) is 0 Å². The molecule has 0 spiro atoms. The summed E-state index contributed by atoms with van der Waals surface area (Å²) in [5, 5.41) is 10.6. The third-order valence-corrected chi connectivity index (χ3v) is 5.41. The maximum atomic E-state index is 12.6. The molecular formula is C19H22O3. The summed E-state index contributed by atoms with van der Waals surface area (Å²) in [4.78, 5) is 12.6. The molecule has 3 nitrogen and oxygen atoms in total. The molecule has 0 fully saturated rings. The van der Waals surface area contributed by atoms with Gasteiger partial charge in [-0.15, -0.1) is 0 Å². The smallest absolute Gasteiger partial charge is 0.227 e. The summed E-state index contributed by atoms with van der Waals surface area (Å²) in [6, 6.07) is 5.44. The Morgan fingerprint density at radius 3 is 2.68 bits per heavy atom. The number of benzene rings is 1. The molecule has 0 aliphatic heterocycles. The van der Waals surface area contributed by atoms with Crippen molar-refractivity contribution >= 4 is 5.78 Å². The Hall–Kier alpha value is -2.03. The number of aliphatic hydroxyl groups excluding tert-OH is 1. The second kappa shape index (κ2) is 4.73. The van der Waals surface area contributed by atoms with Crippen LogP contribution in [0.1, 0.15) is 49.5 Å². The van der Waals surface area contributed by atoms with Gasteiger partial charge in [0.05, 0.1) is 7.11 Å². The molecule has 1 N–H and O–H groups in total. The summed E-state index contributed by atoms with van der Waals surface area (Å²) in [5.74, 6) is 0.375. The quantitative estimate of drug-likeness (QED) is 0.826. The predicted octanol–water partition coefficient (Wildman–Crippen LogP) is 4.34. The van der Waals surface area contributed by atoms with Gasteiger partial charge in [0.15, 0.2) is 5.76 Å². The standard InChI is InChI=1S/C19H22O3/c1-5-18(2)9-6-10-19(3)14-11-12(22-4)7-8-13(14)15(20)16(21)17(18)19/h6-8,10-11,21H,5,9H2,1-4H3/t18-,19-/m1/s1. The molecule has 0 radical (unpaired) electrons. The molecule has 2 aliphatic carbocycles. The van der Waals surface area contributed by atoms with E-state index in [2.05, 4.69) is 32.9 Å². The van der Waals surface area contributed by atoms with Crippen LogP contribution < -0.4 is 4.74 Å². The number of hydrogen-bond donors (Lipinski definition) is 1. The molecule has 2 aliphatic rings. The molecule has 3 rings (SSSR count). The Kier molecular flexibility index (Phi) is 3.20.